The Balaban J connectivity index is 1.48. The molecule has 0 saturated heterocycles. The molecule has 0 fully saturated rings. The van der Waals surface area contributed by atoms with E-state index in [0.29, 0.717) is 29.5 Å². The van der Waals surface area contributed by atoms with E-state index in [4.69, 9.17) is 18.7 Å². The molecule has 1 aromatic heterocycles. The molecule has 0 atom stereocenters. The molecule has 1 N–H and O–H groups in total. The summed E-state index contributed by atoms with van der Waals surface area (Å²) in [6.07, 6.45) is 1.55. The van der Waals surface area contributed by atoms with Crippen LogP contribution in [0.15, 0.2) is 46.2 Å². The normalized spacial score (nSPS) is 13.0. The van der Waals surface area contributed by atoms with Crippen molar-refractivity contribution in [3.05, 3.63) is 47.9 Å². The Hall–Kier alpha value is -2.96. The average Bonchev–Trinajstić information content (AvgIpc) is 3.23. The van der Waals surface area contributed by atoms with E-state index in [1.807, 2.05) is 18.2 Å². The van der Waals surface area contributed by atoms with Gasteiger partial charge in [-0.15, -0.1) is 0 Å². The highest BCUT2D eigenvalue weighted by atomic mass is 16.7. The van der Waals surface area contributed by atoms with Crippen LogP contribution in [0.2, 0.25) is 0 Å². The number of rotatable bonds is 6. The molecule has 3 rings (SSSR count). The van der Waals surface area contributed by atoms with Gasteiger partial charge in [0, 0.05) is 5.56 Å². The lowest BCUT2D eigenvalue weighted by molar-refractivity contribution is -0.125. The molecular formula is C16H16N2O5. The van der Waals surface area contributed by atoms with Crippen molar-refractivity contribution >= 4 is 11.6 Å². The van der Waals surface area contributed by atoms with Gasteiger partial charge in [0.25, 0.3) is 5.91 Å². The highest BCUT2D eigenvalue weighted by Crippen LogP contribution is 2.32. The van der Waals surface area contributed by atoms with Gasteiger partial charge in [-0.1, -0.05) is 5.16 Å². The first-order valence-corrected chi connectivity index (χ1v) is 7.08. The van der Waals surface area contributed by atoms with Crippen molar-refractivity contribution in [3.63, 3.8) is 0 Å². The highest BCUT2D eigenvalue weighted by Gasteiger charge is 2.14. The molecular weight excluding hydrogens is 300 g/mol. The first-order chi connectivity index (χ1) is 11.2. The van der Waals surface area contributed by atoms with E-state index in [1.165, 1.54) is 0 Å². The minimum atomic E-state index is -0.274. The summed E-state index contributed by atoms with van der Waals surface area (Å²) in [4.78, 5) is 16.7. The Morgan fingerprint density at radius 2 is 2.17 bits per heavy atom. The zero-order valence-corrected chi connectivity index (χ0v) is 12.6. The van der Waals surface area contributed by atoms with Gasteiger partial charge in [0.05, 0.1) is 18.5 Å². The van der Waals surface area contributed by atoms with Gasteiger partial charge in [0.15, 0.2) is 18.1 Å². The molecule has 7 nitrogen and oxygen atoms in total. The molecule has 120 valence electrons. The minimum Gasteiger partial charge on any atom is -0.467 e. The third-order valence-corrected chi connectivity index (χ3v) is 3.23. The van der Waals surface area contributed by atoms with Gasteiger partial charge in [0.1, 0.15) is 5.76 Å². The molecule has 2 heterocycles. The number of benzene rings is 1. The lowest BCUT2D eigenvalue weighted by Crippen LogP contribution is -2.26. The highest BCUT2D eigenvalue weighted by molar-refractivity contribution is 5.99. The Morgan fingerprint density at radius 3 is 3.00 bits per heavy atom. The van der Waals surface area contributed by atoms with Crippen LogP contribution in [0, 0.1) is 0 Å². The Labute approximate surface area is 132 Å². The number of ether oxygens (including phenoxy) is 2. The maximum atomic E-state index is 11.6. The number of fused-ring (bicyclic) bond motifs is 1. The number of carbonyl (C=O) groups excluding carboxylic acids is 1. The number of amides is 1. The van der Waals surface area contributed by atoms with Crippen LogP contribution in [0.1, 0.15) is 18.2 Å². The van der Waals surface area contributed by atoms with Crippen LogP contribution in [0.5, 0.6) is 11.5 Å². The fraction of sp³-hybridized carbons (Fsp3) is 0.250. The summed E-state index contributed by atoms with van der Waals surface area (Å²) in [5.41, 5.74) is 1.48. The molecule has 23 heavy (non-hydrogen) atoms. The second-order valence-corrected chi connectivity index (χ2v) is 4.87. The summed E-state index contributed by atoms with van der Waals surface area (Å²) in [5.74, 6) is 1.79. The molecule has 1 amide bonds. The van der Waals surface area contributed by atoms with Gasteiger partial charge >= 0.3 is 0 Å². The summed E-state index contributed by atoms with van der Waals surface area (Å²) in [7, 11) is 0. The number of furan rings is 1. The largest absolute Gasteiger partial charge is 0.467 e. The molecule has 1 aliphatic heterocycles. The third kappa shape index (κ3) is 3.82. The van der Waals surface area contributed by atoms with E-state index in [1.54, 1.807) is 25.3 Å². The molecule has 1 aliphatic rings. The maximum Gasteiger partial charge on any atom is 0.261 e. The van der Waals surface area contributed by atoms with Gasteiger partial charge < -0.3 is 24.0 Å². The summed E-state index contributed by atoms with van der Waals surface area (Å²) < 4.78 is 15.7. The van der Waals surface area contributed by atoms with Crippen LogP contribution in [0.25, 0.3) is 0 Å². The lowest BCUT2D eigenvalue weighted by Gasteiger charge is -2.04. The molecule has 0 aliphatic carbocycles. The zero-order chi connectivity index (χ0) is 16.1. The molecule has 2 aromatic rings. The number of nitrogens with one attached hydrogen (secondary N) is 1. The lowest BCUT2D eigenvalue weighted by atomic mass is 10.1. The van der Waals surface area contributed by atoms with E-state index in [0.717, 1.165) is 5.56 Å². The number of nitrogens with zero attached hydrogens (tertiary/aromatic N) is 1. The fourth-order valence-corrected chi connectivity index (χ4v) is 2.01. The van der Waals surface area contributed by atoms with Crippen molar-refractivity contribution in [2.24, 2.45) is 5.16 Å². The summed E-state index contributed by atoms with van der Waals surface area (Å²) in [6.45, 7) is 2.17. The third-order valence-electron chi connectivity index (χ3n) is 3.23. The van der Waals surface area contributed by atoms with Crippen molar-refractivity contribution in [3.8, 4) is 11.5 Å². The number of oxime groups is 1. The minimum absolute atomic E-state index is 0.164. The van der Waals surface area contributed by atoms with Gasteiger partial charge in [-0.05, 0) is 37.3 Å². The molecule has 1 aromatic carbocycles. The monoisotopic (exact) mass is 316 g/mol. The predicted molar refractivity (Wildman–Crippen MR) is 81.3 cm³/mol. The molecule has 0 saturated carbocycles. The smallest absolute Gasteiger partial charge is 0.261 e. The predicted octanol–water partition coefficient (Wildman–Crippen LogP) is 2.07. The van der Waals surface area contributed by atoms with Gasteiger partial charge in [-0.2, -0.15) is 0 Å². The topological polar surface area (TPSA) is 82.3 Å². The summed E-state index contributed by atoms with van der Waals surface area (Å²) in [6, 6.07) is 9.03. The molecule has 0 bridgehead atoms. The van der Waals surface area contributed by atoms with E-state index in [2.05, 4.69) is 10.5 Å². The van der Waals surface area contributed by atoms with Crippen LogP contribution < -0.4 is 14.8 Å². The van der Waals surface area contributed by atoms with Crippen LogP contribution in [-0.2, 0) is 16.2 Å². The quantitative estimate of drug-likeness (QED) is 0.651. The second kappa shape index (κ2) is 6.87. The van der Waals surface area contributed by atoms with Crippen molar-refractivity contribution in [2.75, 3.05) is 13.4 Å². The van der Waals surface area contributed by atoms with Crippen LogP contribution in [0.4, 0.5) is 0 Å². The van der Waals surface area contributed by atoms with Crippen molar-refractivity contribution in [1.29, 1.82) is 0 Å². The fourth-order valence-electron chi connectivity index (χ4n) is 2.01. The second-order valence-electron chi connectivity index (χ2n) is 4.87. The molecule has 7 heteroatoms. The van der Waals surface area contributed by atoms with E-state index in [9.17, 15) is 4.79 Å². The number of hydrogen-bond acceptors (Lipinski definition) is 6. The van der Waals surface area contributed by atoms with Crippen molar-refractivity contribution in [1.82, 2.24) is 5.32 Å². The van der Waals surface area contributed by atoms with E-state index in [-0.39, 0.29) is 19.3 Å². The maximum absolute atomic E-state index is 11.6. The Kier molecular flexibility index (Phi) is 4.46. The first kappa shape index (κ1) is 15.0. The number of hydrogen-bond donors (Lipinski definition) is 1. The first-order valence-electron chi connectivity index (χ1n) is 7.08. The average molecular weight is 316 g/mol. The standard InChI is InChI=1S/C16H16N2O5/c1-11(12-4-5-14-15(7-12)22-10-21-14)18-23-9-16(19)17-8-13-3-2-6-20-13/h2-7H,8-10H2,1H3,(H,17,19)/b18-11+. The molecule has 0 spiro atoms. The Morgan fingerprint density at radius 1 is 1.30 bits per heavy atom. The van der Waals surface area contributed by atoms with Crippen molar-refractivity contribution in [2.45, 2.75) is 13.5 Å². The number of carbonyl (C=O) groups is 1. The van der Waals surface area contributed by atoms with E-state index < -0.39 is 0 Å². The summed E-state index contributed by atoms with van der Waals surface area (Å²) >= 11 is 0. The SMILES string of the molecule is C/C(=N\OCC(=O)NCc1ccco1)c1ccc2c(c1)OCO2. The molecule has 0 radical (unpaired) electrons. The van der Waals surface area contributed by atoms with Crippen LogP contribution in [-0.4, -0.2) is 25.0 Å². The van der Waals surface area contributed by atoms with Gasteiger partial charge in [0.2, 0.25) is 6.79 Å². The molecule has 0 unspecified atom stereocenters. The van der Waals surface area contributed by atoms with Crippen LogP contribution in [0.3, 0.4) is 0 Å². The van der Waals surface area contributed by atoms with Crippen LogP contribution >= 0.6 is 0 Å². The summed E-state index contributed by atoms with van der Waals surface area (Å²) in [5, 5.41) is 6.61. The van der Waals surface area contributed by atoms with Gasteiger partial charge in [-0.25, -0.2) is 0 Å². The zero-order valence-electron chi connectivity index (χ0n) is 12.6. The van der Waals surface area contributed by atoms with Gasteiger partial charge in [-0.3, -0.25) is 4.79 Å². The van der Waals surface area contributed by atoms with Crippen molar-refractivity contribution < 1.29 is 23.5 Å². The Bertz CT molecular complexity index is 709. The van der Waals surface area contributed by atoms with E-state index >= 15 is 0 Å².